The van der Waals surface area contributed by atoms with E-state index >= 15 is 0 Å². The van der Waals surface area contributed by atoms with Crippen LogP contribution in [0.1, 0.15) is 18.2 Å². The van der Waals surface area contributed by atoms with E-state index in [9.17, 15) is 0 Å². The fraction of sp³-hybridized carbons (Fsp3) is 0.150. The highest BCUT2D eigenvalue weighted by molar-refractivity contribution is 6.08. The van der Waals surface area contributed by atoms with Crippen LogP contribution in [0.5, 0.6) is 0 Å². The number of allylic oxidation sites excluding steroid dienone is 4. The number of nitrogens with one attached hydrogen (secondary N) is 1. The Bertz CT molecular complexity index is 945. The predicted molar refractivity (Wildman–Crippen MR) is 97.2 cm³/mol. The normalized spacial score (nSPS) is 12.4. The first-order chi connectivity index (χ1) is 11.1. The number of aromatic nitrogens is 1. The number of aryl methyl sites for hydroxylation is 1. The molecule has 0 spiro atoms. The molecule has 0 fully saturated rings. The summed E-state index contributed by atoms with van der Waals surface area (Å²) in [6, 6.07) is 8.02. The van der Waals surface area contributed by atoms with Gasteiger partial charge in [-0.15, -0.1) is 0 Å². The summed E-state index contributed by atoms with van der Waals surface area (Å²) in [5.74, 6) is 0. The lowest BCUT2D eigenvalue weighted by molar-refractivity contribution is 0.666. The summed E-state index contributed by atoms with van der Waals surface area (Å²) in [7, 11) is 1.88. The zero-order chi connectivity index (χ0) is 16.4. The molecule has 0 aliphatic rings. The molecule has 1 N–H and O–H groups in total. The molecule has 23 heavy (non-hydrogen) atoms. The average molecular weight is 304 g/mol. The minimum atomic E-state index is 0.851. The fourth-order valence-electron chi connectivity index (χ4n) is 2.74. The van der Waals surface area contributed by atoms with E-state index in [1.807, 2.05) is 63.6 Å². The number of fused-ring (bicyclic) bond motifs is 3. The number of furan rings is 1. The van der Waals surface area contributed by atoms with E-state index in [0.29, 0.717) is 0 Å². The minimum Gasteiger partial charge on any atom is -0.455 e. The second-order valence-electron chi connectivity index (χ2n) is 5.60. The number of hydrogen-bond acceptors (Lipinski definition) is 3. The van der Waals surface area contributed by atoms with E-state index in [1.165, 1.54) is 0 Å². The molecule has 0 aliphatic heterocycles. The molecule has 3 aromatic rings. The summed E-state index contributed by atoms with van der Waals surface area (Å²) in [5.41, 5.74) is 5.62. The number of pyridine rings is 1. The maximum absolute atomic E-state index is 6.08. The Balaban J connectivity index is 2.14. The molecule has 0 saturated heterocycles. The molecule has 116 valence electrons. The van der Waals surface area contributed by atoms with Gasteiger partial charge in [-0.3, -0.25) is 4.98 Å². The van der Waals surface area contributed by atoms with Crippen molar-refractivity contribution >= 4 is 27.5 Å². The molecule has 0 unspecified atom stereocenters. The predicted octanol–water partition coefficient (Wildman–Crippen LogP) is 4.98. The molecule has 0 bridgehead atoms. The summed E-state index contributed by atoms with van der Waals surface area (Å²) in [6.07, 6.45) is 7.85. The second kappa shape index (κ2) is 6.13. The van der Waals surface area contributed by atoms with Crippen LogP contribution in [0.2, 0.25) is 0 Å². The molecular weight excluding hydrogens is 284 g/mol. The summed E-state index contributed by atoms with van der Waals surface area (Å²) >= 11 is 0. The van der Waals surface area contributed by atoms with E-state index in [0.717, 1.165) is 44.3 Å². The molecule has 1 aromatic carbocycles. The van der Waals surface area contributed by atoms with Gasteiger partial charge in [0.1, 0.15) is 11.2 Å². The molecule has 3 nitrogen and oxygen atoms in total. The van der Waals surface area contributed by atoms with Crippen molar-refractivity contribution in [3.05, 3.63) is 72.2 Å². The monoisotopic (exact) mass is 304 g/mol. The smallest absolute Gasteiger partial charge is 0.146 e. The van der Waals surface area contributed by atoms with Crippen LogP contribution in [0.15, 0.2) is 65.4 Å². The number of hydrogen-bond donors (Lipinski definition) is 1. The van der Waals surface area contributed by atoms with Crippen LogP contribution in [0.25, 0.3) is 27.5 Å². The highest BCUT2D eigenvalue weighted by Crippen LogP contribution is 2.34. The number of rotatable bonds is 4. The Morgan fingerprint density at radius 1 is 1.22 bits per heavy atom. The van der Waals surface area contributed by atoms with Crippen LogP contribution in [0.4, 0.5) is 0 Å². The van der Waals surface area contributed by atoms with Gasteiger partial charge in [0.05, 0.1) is 0 Å². The molecule has 0 saturated carbocycles. The van der Waals surface area contributed by atoms with Crippen molar-refractivity contribution in [1.29, 1.82) is 0 Å². The first-order valence-electron chi connectivity index (χ1n) is 7.60. The molecular formula is C20H20N2O. The standard InChI is InChI=1S/C20H20N2O/c1-13(11-21-4)9-10-14(2)19-15(3)22-12-17-16-7-5-6-8-18(16)23-20(17)19/h5-12,21H,2H2,1,3-4H3/b10-9-,13-11-. The van der Waals surface area contributed by atoms with E-state index < -0.39 is 0 Å². The number of nitrogens with zero attached hydrogens (tertiary/aromatic N) is 1. The Labute approximate surface area is 136 Å². The third kappa shape index (κ3) is 2.78. The van der Waals surface area contributed by atoms with Crippen LogP contribution in [-0.2, 0) is 0 Å². The van der Waals surface area contributed by atoms with Crippen molar-refractivity contribution in [3.63, 3.8) is 0 Å². The van der Waals surface area contributed by atoms with Crippen molar-refractivity contribution in [1.82, 2.24) is 10.3 Å². The Morgan fingerprint density at radius 3 is 2.78 bits per heavy atom. The van der Waals surface area contributed by atoms with E-state index in [1.54, 1.807) is 0 Å². The van der Waals surface area contributed by atoms with E-state index in [4.69, 9.17) is 4.42 Å². The topological polar surface area (TPSA) is 38.1 Å². The largest absolute Gasteiger partial charge is 0.455 e. The van der Waals surface area contributed by atoms with Gasteiger partial charge in [0.25, 0.3) is 0 Å². The van der Waals surface area contributed by atoms with Gasteiger partial charge in [-0.05, 0) is 37.3 Å². The Hall–Kier alpha value is -2.81. The summed E-state index contributed by atoms with van der Waals surface area (Å²) in [5, 5.41) is 5.12. The molecule has 0 radical (unpaired) electrons. The summed E-state index contributed by atoms with van der Waals surface area (Å²) in [4.78, 5) is 4.53. The summed E-state index contributed by atoms with van der Waals surface area (Å²) in [6.45, 7) is 8.22. The van der Waals surface area contributed by atoms with Gasteiger partial charge in [-0.1, -0.05) is 36.9 Å². The van der Waals surface area contributed by atoms with Gasteiger partial charge in [0.15, 0.2) is 0 Å². The Kier molecular flexibility index (Phi) is 4.02. The molecule has 3 heteroatoms. The van der Waals surface area contributed by atoms with E-state index in [2.05, 4.69) is 22.9 Å². The van der Waals surface area contributed by atoms with E-state index in [-0.39, 0.29) is 0 Å². The van der Waals surface area contributed by atoms with Gasteiger partial charge in [-0.2, -0.15) is 0 Å². The lowest BCUT2D eigenvalue weighted by atomic mass is 10.0. The average Bonchev–Trinajstić information content (AvgIpc) is 2.91. The fourth-order valence-corrected chi connectivity index (χ4v) is 2.74. The zero-order valence-electron chi connectivity index (χ0n) is 13.7. The summed E-state index contributed by atoms with van der Waals surface area (Å²) < 4.78 is 6.08. The lowest BCUT2D eigenvalue weighted by Gasteiger charge is -2.05. The third-order valence-electron chi connectivity index (χ3n) is 3.85. The molecule has 0 atom stereocenters. The number of benzene rings is 1. The van der Waals surface area contributed by atoms with Crippen molar-refractivity contribution in [2.45, 2.75) is 13.8 Å². The molecule has 3 rings (SSSR count). The first-order valence-corrected chi connectivity index (χ1v) is 7.60. The van der Waals surface area contributed by atoms with Gasteiger partial charge >= 0.3 is 0 Å². The second-order valence-corrected chi connectivity index (χ2v) is 5.60. The maximum Gasteiger partial charge on any atom is 0.146 e. The lowest BCUT2D eigenvalue weighted by Crippen LogP contribution is -1.93. The molecule has 0 amide bonds. The van der Waals surface area contributed by atoms with Crippen molar-refractivity contribution < 1.29 is 4.42 Å². The minimum absolute atomic E-state index is 0.851. The first kappa shape index (κ1) is 15.1. The van der Waals surface area contributed by atoms with Crippen LogP contribution in [0, 0.1) is 6.92 Å². The van der Waals surface area contributed by atoms with Crippen LogP contribution >= 0.6 is 0 Å². The SMILES string of the molecule is C=C(/C=C\C(C)=C/NC)c1c(C)ncc2c1oc1ccccc12. The molecule has 0 aliphatic carbocycles. The Morgan fingerprint density at radius 2 is 2.00 bits per heavy atom. The van der Waals surface area contributed by atoms with Crippen molar-refractivity contribution in [3.8, 4) is 0 Å². The van der Waals surface area contributed by atoms with Gasteiger partial charge in [0, 0.05) is 35.3 Å². The highest BCUT2D eigenvalue weighted by Gasteiger charge is 2.14. The molecule has 2 aromatic heterocycles. The zero-order valence-corrected chi connectivity index (χ0v) is 13.7. The third-order valence-corrected chi connectivity index (χ3v) is 3.85. The van der Waals surface area contributed by atoms with Crippen molar-refractivity contribution in [2.75, 3.05) is 7.05 Å². The van der Waals surface area contributed by atoms with Crippen LogP contribution < -0.4 is 5.32 Å². The van der Waals surface area contributed by atoms with Gasteiger partial charge < -0.3 is 9.73 Å². The van der Waals surface area contributed by atoms with Crippen LogP contribution in [0.3, 0.4) is 0 Å². The van der Waals surface area contributed by atoms with Crippen LogP contribution in [-0.4, -0.2) is 12.0 Å². The number of para-hydroxylation sites is 1. The highest BCUT2D eigenvalue weighted by atomic mass is 16.3. The quantitative estimate of drug-likeness (QED) is 0.691. The van der Waals surface area contributed by atoms with Crippen molar-refractivity contribution in [2.24, 2.45) is 0 Å². The van der Waals surface area contributed by atoms with Gasteiger partial charge in [-0.25, -0.2) is 0 Å². The van der Waals surface area contributed by atoms with Gasteiger partial charge in [0.2, 0.25) is 0 Å². The maximum atomic E-state index is 6.08. The molecule has 2 heterocycles.